The molecular weight excluding hydrogens is 346 g/mol. The maximum atomic E-state index is 12.2. The van der Waals surface area contributed by atoms with Gasteiger partial charge in [-0.05, 0) is 54.4 Å². The van der Waals surface area contributed by atoms with Crippen molar-refractivity contribution in [1.82, 2.24) is 9.78 Å². The predicted octanol–water partition coefficient (Wildman–Crippen LogP) is 3.60. The molecule has 0 aliphatic carbocycles. The van der Waals surface area contributed by atoms with Crippen molar-refractivity contribution >= 4 is 21.6 Å². The van der Waals surface area contributed by atoms with Crippen LogP contribution in [0.5, 0.6) is 5.75 Å². The van der Waals surface area contributed by atoms with Gasteiger partial charge in [0.05, 0.1) is 24.5 Å². The van der Waals surface area contributed by atoms with Crippen molar-refractivity contribution in [3.63, 3.8) is 0 Å². The van der Waals surface area contributed by atoms with Gasteiger partial charge in [-0.3, -0.25) is 4.79 Å². The number of anilines is 1. The molecule has 0 unspecified atom stereocenters. The minimum absolute atomic E-state index is 0.0314. The van der Waals surface area contributed by atoms with E-state index in [0.717, 1.165) is 11.3 Å². The molecule has 1 N–H and O–H groups in total. The summed E-state index contributed by atoms with van der Waals surface area (Å²) in [5, 5.41) is 7.41. The van der Waals surface area contributed by atoms with Gasteiger partial charge in [0.2, 0.25) is 0 Å². The maximum absolute atomic E-state index is 12.2. The molecule has 0 amide bonds. The summed E-state index contributed by atoms with van der Waals surface area (Å²) in [7, 11) is 0. The zero-order valence-corrected chi connectivity index (χ0v) is 14.6. The summed E-state index contributed by atoms with van der Waals surface area (Å²) in [6, 6.07) is 7.89. The number of rotatable bonds is 6. The van der Waals surface area contributed by atoms with Crippen molar-refractivity contribution in [1.29, 1.82) is 0 Å². The summed E-state index contributed by atoms with van der Waals surface area (Å²) >= 11 is 3.35. The standard InChI is InChI=1S/C16H20BrN3O2/c1-4-22-13-7-5-12(6-8-13)9-18-14-10-19-20(11(2)3)16(21)15(14)17/h5-8,10-11,18H,4,9H2,1-3H3. The number of nitrogens with zero attached hydrogens (tertiary/aromatic N) is 2. The fourth-order valence-corrected chi connectivity index (χ4v) is 2.43. The second kappa shape index (κ2) is 7.45. The van der Waals surface area contributed by atoms with Crippen molar-refractivity contribution < 1.29 is 4.74 Å². The Morgan fingerprint density at radius 1 is 1.32 bits per heavy atom. The van der Waals surface area contributed by atoms with E-state index in [0.29, 0.717) is 23.3 Å². The lowest BCUT2D eigenvalue weighted by molar-refractivity contribution is 0.340. The molecule has 0 saturated heterocycles. The maximum Gasteiger partial charge on any atom is 0.283 e. The Morgan fingerprint density at radius 3 is 2.59 bits per heavy atom. The summed E-state index contributed by atoms with van der Waals surface area (Å²) in [5.41, 5.74) is 1.66. The van der Waals surface area contributed by atoms with Crippen molar-refractivity contribution in [2.75, 3.05) is 11.9 Å². The Bertz CT molecular complexity index is 681. The van der Waals surface area contributed by atoms with Crippen molar-refractivity contribution in [2.24, 2.45) is 0 Å². The van der Waals surface area contributed by atoms with Crippen LogP contribution in [0.4, 0.5) is 5.69 Å². The summed E-state index contributed by atoms with van der Waals surface area (Å²) in [5.74, 6) is 0.855. The summed E-state index contributed by atoms with van der Waals surface area (Å²) in [4.78, 5) is 12.2. The number of hydrogen-bond acceptors (Lipinski definition) is 4. The summed E-state index contributed by atoms with van der Waals surface area (Å²) in [6.07, 6.45) is 1.67. The molecule has 0 atom stereocenters. The number of halogens is 1. The van der Waals surface area contributed by atoms with Crippen LogP contribution in [-0.2, 0) is 6.54 Å². The van der Waals surface area contributed by atoms with E-state index in [1.165, 1.54) is 4.68 Å². The van der Waals surface area contributed by atoms with Gasteiger partial charge in [-0.2, -0.15) is 5.10 Å². The second-order valence-electron chi connectivity index (χ2n) is 5.15. The molecule has 0 radical (unpaired) electrons. The van der Waals surface area contributed by atoms with Gasteiger partial charge in [0.25, 0.3) is 5.56 Å². The molecule has 0 bridgehead atoms. The van der Waals surface area contributed by atoms with E-state index in [4.69, 9.17) is 4.74 Å². The van der Waals surface area contributed by atoms with E-state index >= 15 is 0 Å². The van der Waals surface area contributed by atoms with Gasteiger partial charge in [0, 0.05) is 6.54 Å². The number of aromatic nitrogens is 2. The van der Waals surface area contributed by atoms with Crippen LogP contribution in [-0.4, -0.2) is 16.4 Å². The number of benzene rings is 1. The summed E-state index contributed by atoms with van der Waals surface area (Å²) in [6.45, 7) is 7.07. The fraction of sp³-hybridized carbons (Fsp3) is 0.375. The lowest BCUT2D eigenvalue weighted by atomic mass is 10.2. The number of nitrogens with one attached hydrogen (secondary N) is 1. The van der Waals surface area contributed by atoms with Crippen LogP contribution in [0.3, 0.4) is 0 Å². The van der Waals surface area contributed by atoms with Gasteiger partial charge in [0.15, 0.2) is 0 Å². The average molecular weight is 366 g/mol. The first-order valence-electron chi connectivity index (χ1n) is 7.25. The van der Waals surface area contributed by atoms with Crippen molar-refractivity contribution in [3.8, 4) is 5.75 Å². The molecule has 118 valence electrons. The van der Waals surface area contributed by atoms with Crippen molar-refractivity contribution in [2.45, 2.75) is 33.4 Å². The second-order valence-corrected chi connectivity index (χ2v) is 5.94. The van der Waals surface area contributed by atoms with E-state index in [9.17, 15) is 4.79 Å². The SMILES string of the molecule is CCOc1ccc(CNc2cnn(C(C)C)c(=O)c2Br)cc1. The molecule has 0 aliphatic heterocycles. The van der Waals surface area contributed by atoms with Crippen molar-refractivity contribution in [3.05, 3.63) is 50.9 Å². The molecule has 22 heavy (non-hydrogen) atoms. The Morgan fingerprint density at radius 2 is 2.00 bits per heavy atom. The molecule has 5 nitrogen and oxygen atoms in total. The smallest absolute Gasteiger partial charge is 0.283 e. The first kappa shape index (κ1) is 16.5. The molecule has 1 heterocycles. The molecule has 6 heteroatoms. The Hall–Kier alpha value is -1.82. The quantitative estimate of drug-likeness (QED) is 0.849. The molecule has 2 rings (SSSR count). The highest BCUT2D eigenvalue weighted by molar-refractivity contribution is 9.10. The largest absolute Gasteiger partial charge is 0.494 e. The first-order chi connectivity index (χ1) is 10.5. The highest BCUT2D eigenvalue weighted by Gasteiger charge is 2.10. The summed E-state index contributed by atoms with van der Waals surface area (Å²) < 4.78 is 7.36. The van der Waals surface area contributed by atoms with Gasteiger partial charge in [-0.1, -0.05) is 12.1 Å². The van der Waals surface area contributed by atoms with Gasteiger partial charge in [-0.25, -0.2) is 4.68 Å². The molecular formula is C16H20BrN3O2. The monoisotopic (exact) mass is 365 g/mol. The van der Waals surface area contributed by atoms with Gasteiger partial charge < -0.3 is 10.1 Å². The number of hydrogen-bond donors (Lipinski definition) is 1. The van der Waals surface area contributed by atoms with Gasteiger partial charge in [-0.15, -0.1) is 0 Å². The lowest BCUT2D eigenvalue weighted by Gasteiger charge is -2.12. The third-order valence-corrected chi connectivity index (χ3v) is 3.92. The van der Waals surface area contributed by atoms with Crippen LogP contribution >= 0.6 is 15.9 Å². The normalized spacial score (nSPS) is 10.8. The Balaban J connectivity index is 2.08. The minimum Gasteiger partial charge on any atom is -0.494 e. The third kappa shape index (κ3) is 3.88. The van der Waals surface area contributed by atoms with E-state index in [2.05, 4.69) is 26.3 Å². The Kier molecular flexibility index (Phi) is 5.60. The van der Waals surface area contributed by atoms with E-state index in [1.807, 2.05) is 45.0 Å². The van der Waals surface area contributed by atoms with Gasteiger partial charge in [0.1, 0.15) is 10.2 Å². The fourth-order valence-electron chi connectivity index (χ4n) is 2.00. The number of ether oxygens (including phenoxy) is 1. The molecule has 0 saturated carbocycles. The van der Waals surface area contributed by atoms with Crippen LogP contribution in [0.15, 0.2) is 39.7 Å². The topological polar surface area (TPSA) is 56.1 Å². The van der Waals surface area contributed by atoms with E-state index < -0.39 is 0 Å². The molecule has 2 aromatic rings. The molecule has 0 fully saturated rings. The highest BCUT2D eigenvalue weighted by atomic mass is 79.9. The van der Waals surface area contributed by atoms with Crippen LogP contribution in [0.25, 0.3) is 0 Å². The van der Waals surface area contributed by atoms with E-state index in [-0.39, 0.29) is 11.6 Å². The lowest BCUT2D eigenvalue weighted by Crippen LogP contribution is -2.26. The zero-order chi connectivity index (χ0) is 16.1. The minimum atomic E-state index is -0.133. The molecule has 1 aromatic heterocycles. The predicted molar refractivity (Wildman–Crippen MR) is 91.5 cm³/mol. The molecule has 0 aliphatic rings. The third-order valence-electron chi connectivity index (χ3n) is 3.15. The first-order valence-corrected chi connectivity index (χ1v) is 8.05. The van der Waals surface area contributed by atoms with Crippen LogP contribution in [0, 0.1) is 0 Å². The van der Waals surface area contributed by atoms with Gasteiger partial charge >= 0.3 is 0 Å². The molecule has 0 spiro atoms. The van der Waals surface area contributed by atoms with E-state index in [1.54, 1.807) is 6.20 Å². The molecule has 1 aromatic carbocycles. The van der Waals surface area contributed by atoms with Crippen LogP contribution in [0.2, 0.25) is 0 Å². The van der Waals surface area contributed by atoms with Crippen LogP contribution < -0.4 is 15.6 Å². The zero-order valence-electron chi connectivity index (χ0n) is 13.0. The highest BCUT2D eigenvalue weighted by Crippen LogP contribution is 2.19. The average Bonchev–Trinajstić information content (AvgIpc) is 2.50. The van der Waals surface area contributed by atoms with Crippen LogP contribution in [0.1, 0.15) is 32.4 Å². The Labute approximate surface area is 138 Å².